The van der Waals surface area contributed by atoms with Crippen LogP contribution in [0.1, 0.15) is 10.6 Å². The summed E-state index contributed by atoms with van der Waals surface area (Å²) >= 11 is 0.493. The van der Waals surface area contributed by atoms with Gasteiger partial charge in [-0.15, -0.1) is 10.2 Å². The maximum absolute atomic E-state index is 12.2. The van der Waals surface area contributed by atoms with Crippen LogP contribution < -0.4 is 5.32 Å². The summed E-state index contributed by atoms with van der Waals surface area (Å²) in [6, 6.07) is 1.82. The fourth-order valence-corrected chi connectivity index (χ4v) is 1.66. The summed E-state index contributed by atoms with van der Waals surface area (Å²) in [5, 5.41) is 8.45. The summed E-state index contributed by atoms with van der Waals surface area (Å²) in [4.78, 5) is 2.84. The minimum atomic E-state index is -4.42. The van der Waals surface area contributed by atoms with Crippen molar-refractivity contribution in [3.8, 4) is 0 Å². The van der Waals surface area contributed by atoms with Crippen molar-refractivity contribution < 1.29 is 13.2 Å². The van der Waals surface area contributed by atoms with Gasteiger partial charge < -0.3 is 10.3 Å². The van der Waals surface area contributed by atoms with Crippen LogP contribution in [0.25, 0.3) is 0 Å². The largest absolute Gasteiger partial charge is 0.445 e. The maximum Gasteiger partial charge on any atom is 0.445 e. The number of hydrogen-bond acceptors (Lipinski definition) is 4. The molecule has 0 atom stereocenters. The molecule has 0 aliphatic carbocycles. The number of rotatable bonds is 3. The van der Waals surface area contributed by atoms with Crippen LogP contribution in [0.5, 0.6) is 0 Å². The summed E-state index contributed by atoms with van der Waals surface area (Å²) < 4.78 is 36.6. The monoisotopic (exact) mass is 248 g/mol. The maximum atomic E-state index is 12.2. The minimum Gasteiger partial charge on any atom is -0.367 e. The second-order valence-corrected chi connectivity index (χ2v) is 3.96. The molecule has 0 aliphatic rings. The molecule has 0 unspecified atom stereocenters. The normalized spacial score (nSPS) is 11.7. The molecule has 0 bridgehead atoms. The molecular formula is C8H7F3N4S. The van der Waals surface area contributed by atoms with E-state index in [2.05, 4.69) is 20.5 Å². The van der Waals surface area contributed by atoms with E-state index in [1.165, 1.54) is 0 Å². The molecule has 86 valence electrons. The van der Waals surface area contributed by atoms with Gasteiger partial charge in [0, 0.05) is 18.9 Å². The fraction of sp³-hybridized carbons (Fsp3) is 0.250. The van der Waals surface area contributed by atoms with Crippen LogP contribution in [0.3, 0.4) is 0 Å². The van der Waals surface area contributed by atoms with Gasteiger partial charge in [0.25, 0.3) is 0 Å². The highest BCUT2D eigenvalue weighted by molar-refractivity contribution is 7.15. The smallest absolute Gasteiger partial charge is 0.367 e. The van der Waals surface area contributed by atoms with Crippen molar-refractivity contribution in [2.24, 2.45) is 0 Å². The van der Waals surface area contributed by atoms with E-state index in [1.54, 1.807) is 12.4 Å². The number of aromatic nitrogens is 3. The molecule has 2 heterocycles. The van der Waals surface area contributed by atoms with Crippen molar-refractivity contribution in [1.29, 1.82) is 0 Å². The number of halogens is 3. The van der Waals surface area contributed by atoms with E-state index in [0.717, 1.165) is 5.56 Å². The number of aromatic amines is 1. The van der Waals surface area contributed by atoms with Crippen molar-refractivity contribution in [1.82, 2.24) is 15.2 Å². The van der Waals surface area contributed by atoms with E-state index in [1.807, 2.05) is 6.07 Å². The van der Waals surface area contributed by atoms with Gasteiger partial charge in [-0.25, -0.2) is 0 Å². The fourth-order valence-electron chi connectivity index (χ4n) is 1.06. The van der Waals surface area contributed by atoms with Crippen LogP contribution in [0.15, 0.2) is 18.5 Å². The Kier molecular flexibility index (Phi) is 2.82. The Morgan fingerprint density at radius 3 is 2.75 bits per heavy atom. The Balaban J connectivity index is 1.98. The highest BCUT2D eigenvalue weighted by atomic mass is 32.1. The summed E-state index contributed by atoms with van der Waals surface area (Å²) in [7, 11) is 0. The van der Waals surface area contributed by atoms with Crippen molar-refractivity contribution in [2.75, 3.05) is 5.32 Å². The van der Waals surface area contributed by atoms with Gasteiger partial charge in [0.1, 0.15) is 0 Å². The molecule has 2 aromatic rings. The molecule has 2 aromatic heterocycles. The van der Waals surface area contributed by atoms with Crippen LogP contribution in [-0.4, -0.2) is 15.2 Å². The third-order valence-electron chi connectivity index (χ3n) is 1.77. The van der Waals surface area contributed by atoms with Gasteiger partial charge >= 0.3 is 6.18 Å². The predicted molar refractivity (Wildman–Crippen MR) is 53.0 cm³/mol. The zero-order chi connectivity index (χ0) is 11.6. The van der Waals surface area contributed by atoms with Crippen molar-refractivity contribution in [2.45, 2.75) is 12.7 Å². The first-order chi connectivity index (χ1) is 7.55. The lowest BCUT2D eigenvalue weighted by atomic mass is 10.3. The lowest BCUT2D eigenvalue weighted by molar-refractivity contribution is -0.138. The molecule has 16 heavy (non-hydrogen) atoms. The molecule has 4 nitrogen and oxygen atoms in total. The molecule has 0 spiro atoms. The van der Waals surface area contributed by atoms with Gasteiger partial charge in [-0.2, -0.15) is 13.2 Å². The molecule has 0 saturated heterocycles. The SMILES string of the molecule is FC(F)(F)c1nnc(NCc2cc[nH]c2)s1. The van der Waals surface area contributed by atoms with E-state index >= 15 is 0 Å². The third-order valence-corrected chi connectivity index (χ3v) is 2.70. The highest BCUT2D eigenvalue weighted by Crippen LogP contribution is 2.33. The van der Waals surface area contributed by atoms with Gasteiger partial charge in [-0.1, -0.05) is 11.3 Å². The molecule has 0 saturated carbocycles. The lowest BCUT2D eigenvalue weighted by Gasteiger charge is -1.99. The average Bonchev–Trinajstić information content (AvgIpc) is 2.85. The number of H-pyrrole nitrogens is 1. The van der Waals surface area contributed by atoms with E-state index in [0.29, 0.717) is 17.9 Å². The Morgan fingerprint density at radius 1 is 1.38 bits per heavy atom. The summed E-state index contributed by atoms with van der Waals surface area (Å²) in [5.74, 6) is 0. The molecule has 0 radical (unpaired) electrons. The second kappa shape index (κ2) is 4.12. The molecule has 0 aromatic carbocycles. The first kappa shape index (κ1) is 10.9. The van der Waals surface area contributed by atoms with Gasteiger partial charge in [-0.05, 0) is 11.6 Å². The second-order valence-electron chi connectivity index (χ2n) is 2.98. The number of anilines is 1. The third kappa shape index (κ3) is 2.51. The first-order valence-electron chi connectivity index (χ1n) is 4.32. The van der Waals surface area contributed by atoms with Gasteiger partial charge in [-0.3, -0.25) is 0 Å². The molecular weight excluding hydrogens is 241 g/mol. The lowest BCUT2D eigenvalue weighted by Crippen LogP contribution is -2.03. The topological polar surface area (TPSA) is 53.6 Å². The van der Waals surface area contributed by atoms with Crippen molar-refractivity contribution >= 4 is 16.5 Å². The highest BCUT2D eigenvalue weighted by Gasteiger charge is 2.35. The molecule has 0 amide bonds. The van der Waals surface area contributed by atoms with Gasteiger partial charge in [0.05, 0.1) is 0 Å². The summed E-state index contributed by atoms with van der Waals surface area (Å²) in [6.07, 6.45) is -0.942. The number of nitrogens with one attached hydrogen (secondary N) is 2. The van der Waals surface area contributed by atoms with Gasteiger partial charge in [0.2, 0.25) is 10.1 Å². The Hall–Kier alpha value is -1.57. The molecule has 2 rings (SSSR count). The minimum absolute atomic E-state index is 0.161. The number of nitrogens with zero attached hydrogens (tertiary/aromatic N) is 2. The van der Waals surface area contributed by atoms with Crippen molar-refractivity contribution in [3.05, 3.63) is 29.0 Å². The quantitative estimate of drug-likeness (QED) is 0.877. The first-order valence-corrected chi connectivity index (χ1v) is 5.13. The van der Waals surface area contributed by atoms with E-state index < -0.39 is 11.2 Å². The average molecular weight is 248 g/mol. The van der Waals surface area contributed by atoms with E-state index in [4.69, 9.17) is 0 Å². The predicted octanol–water partition coefficient (Wildman–Crippen LogP) is 2.50. The number of alkyl halides is 3. The van der Waals surface area contributed by atoms with Crippen LogP contribution in [0.2, 0.25) is 0 Å². The molecule has 0 fully saturated rings. The Labute approximate surface area is 92.5 Å². The van der Waals surface area contributed by atoms with Crippen molar-refractivity contribution in [3.63, 3.8) is 0 Å². The number of hydrogen-bond donors (Lipinski definition) is 2. The summed E-state index contributed by atoms with van der Waals surface area (Å²) in [5.41, 5.74) is 0.934. The van der Waals surface area contributed by atoms with Crippen LogP contribution >= 0.6 is 11.3 Å². The van der Waals surface area contributed by atoms with Crippen LogP contribution in [-0.2, 0) is 12.7 Å². The molecule has 8 heteroatoms. The van der Waals surface area contributed by atoms with E-state index in [-0.39, 0.29) is 5.13 Å². The summed E-state index contributed by atoms with van der Waals surface area (Å²) in [6.45, 7) is 0.413. The molecule has 0 aliphatic heterocycles. The zero-order valence-electron chi connectivity index (χ0n) is 7.88. The Morgan fingerprint density at radius 2 is 2.19 bits per heavy atom. The van der Waals surface area contributed by atoms with Gasteiger partial charge in [0.15, 0.2) is 0 Å². The Bertz CT molecular complexity index is 448. The molecule has 2 N–H and O–H groups in total. The van der Waals surface area contributed by atoms with Crippen LogP contribution in [0, 0.1) is 0 Å². The van der Waals surface area contributed by atoms with Crippen LogP contribution in [0.4, 0.5) is 18.3 Å². The zero-order valence-corrected chi connectivity index (χ0v) is 8.69. The standard InChI is InChI=1S/C8H7F3N4S/c9-8(10,11)6-14-15-7(16-6)13-4-5-1-2-12-3-5/h1-3,12H,4H2,(H,13,15). The van der Waals surface area contributed by atoms with E-state index in [9.17, 15) is 13.2 Å².